The highest BCUT2D eigenvalue weighted by molar-refractivity contribution is 14.0. The third kappa shape index (κ3) is 5.87. The van der Waals surface area contributed by atoms with Gasteiger partial charge in [0, 0.05) is 18.7 Å². The molecule has 0 saturated heterocycles. The Kier molecular flexibility index (Phi) is 7.43. The molecule has 0 atom stereocenters. The molecule has 0 radical (unpaired) electrons. The van der Waals surface area contributed by atoms with E-state index in [1.54, 1.807) is 6.07 Å². The minimum Gasteiger partial charge on any atom is -0.357 e. The van der Waals surface area contributed by atoms with Gasteiger partial charge in [-0.25, -0.2) is 9.38 Å². The molecular weight excluding hydrogens is 382 g/mol. The van der Waals surface area contributed by atoms with E-state index in [4.69, 9.17) is 5.26 Å². The van der Waals surface area contributed by atoms with E-state index in [1.165, 1.54) is 25.0 Å². The minimum atomic E-state index is -0.328. The van der Waals surface area contributed by atoms with E-state index < -0.39 is 0 Å². The smallest absolute Gasteiger partial charge is 0.191 e. The molecule has 4 nitrogen and oxygen atoms in total. The predicted octanol–water partition coefficient (Wildman–Crippen LogP) is 2.78. The van der Waals surface area contributed by atoms with Crippen molar-refractivity contribution >= 4 is 29.9 Å². The van der Waals surface area contributed by atoms with E-state index in [1.807, 2.05) is 13.0 Å². The fraction of sp³-hybridized carbons (Fsp3) is 0.467. The molecule has 0 spiro atoms. The predicted molar refractivity (Wildman–Crippen MR) is 92.1 cm³/mol. The van der Waals surface area contributed by atoms with Crippen LogP contribution in [0.3, 0.4) is 0 Å². The number of benzene rings is 1. The van der Waals surface area contributed by atoms with Crippen molar-refractivity contribution in [3.63, 3.8) is 0 Å². The molecule has 0 amide bonds. The van der Waals surface area contributed by atoms with Crippen LogP contribution >= 0.6 is 24.0 Å². The number of guanidine groups is 1. The van der Waals surface area contributed by atoms with Gasteiger partial charge in [-0.05, 0) is 43.9 Å². The maximum atomic E-state index is 13.6. The Morgan fingerprint density at radius 3 is 2.81 bits per heavy atom. The first-order valence-electron chi connectivity index (χ1n) is 6.93. The van der Waals surface area contributed by atoms with Crippen LogP contribution in [0.25, 0.3) is 0 Å². The molecule has 1 aromatic carbocycles. The largest absolute Gasteiger partial charge is 0.357 e. The van der Waals surface area contributed by atoms with Crippen molar-refractivity contribution in [2.24, 2.45) is 10.9 Å². The first-order chi connectivity index (χ1) is 9.72. The molecule has 0 unspecified atom stereocenters. The van der Waals surface area contributed by atoms with Crippen LogP contribution in [0.4, 0.5) is 4.39 Å². The highest BCUT2D eigenvalue weighted by atomic mass is 127. The van der Waals surface area contributed by atoms with Crippen LogP contribution in [0.15, 0.2) is 23.2 Å². The average Bonchev–Trinajstić information content (AvgIpc) is 3.27. The fourth-order valence-electron chi connectivity index (χ4n) is 1.83. The van der Waals surface area contributed by atoms with Crippen molar-refractivity contribution in [2.75, 3.05) is 13.1 Å². The standard InChI is InChI=1S/C15H19FN4.HI/c1-2-18-15(19-9-11-3-4-11)20-10-13-7-12(8-17)5-6-14(13)16;/h5-7,11H,2-4,9-10H2,1H3,(H2,18,19,20);1H. The summed E-state index contributed by atoms with van der Waals surface area (Å²) in [4.78, 5) is 4.36. The van der Waals surface area contributed by atoms with E-state index in [0.717, 1.165) is 19.0 Å². The Bertz CT molecular complexity index is 535. The Hall–Kier alpha value is -1.36. The van der Waals surface area contributed by atoms with Crippen molar-refractivity contribution in [3.05, 3.63) is 35.1 Å². The second-order valence-corrected chi connectivity index (χ2v) is 4.94. The minimum absolute atomic E-state index is 0. The van der Waals surface area contributed by atoms with Gasteiger partial charge < -0.3 is 10.6 Å². The van der Waals surface area contributed by atoms with Gasteiger partial charge in [-0.3, -0.25) is 0 Å². The summed E-state index contributed by atoms with van der Waals surface area (Å²) in [6, 6.07) is 6.34. The van der Waals surface area contributed by atoms with E-state index in [-0.39, 0.29) is 36.3 Å². The highest BCUT2D eigenvalue weighted by Crippen LogP contribution is 2.27. The zero-order valence-electron chi connectivity index (χ0n) is 12.0. The molecular formula is C15H20FIN4. The number of nitrogens with zero attached hydrogens (tertiary/aromatic N) is 2. The maximum Gasteiger partial charge on any atom is 0.191 e. The third-order valence-electron chi connectivity index (χ3n) is 3.18. The number of nitrogens with one attached hydrogen (secondary N) is 2. The Labute approximate surface area is 141 Å². The molecule has 2 rings (SSSR count). The summed E-state index contributed by atoms with van der Waals surface area (Å²) in [5, 5.41) is 15.2. The molecule has 2 N–H and O–H groups in total. The molecule has 21 heavy (non-hydrogen) atoms. The molecule has 6 heteroatoms. The highest BCUT2D eigenvalue weighted by Gasteiger charge is 2.21. The molecule has 114 valence electrons. The molecule has 1 aliphatic carbocycles. The summed E-state index contributed by atoms with van der Waals surface area (Å²) in [6.45, 7) is 3.89. The van der Waals surface area contributed by atoms with Gasteiger partial charge in [0.15, 0.2) is 5.96 Å². The van der Waals surface area contributed by atoms with Gasteiger partial charge in [0.2, 0.25) is 0 Å². The van der Waals surface area contributed by atoms with Gasteiger partial charge in [-0.15, -0.1) is 24.0 Å². The number of rotatable bonds is 5. The number of hydrogen-bond donors (Lipinski definition) is 2. The number of aliphatic imine (C=N–C) groups is 1. The van der Waals surface area contributed by atoms with Crippen LogP contribution in [0, 0.1) is 23.1 Å². The van der Waals surface area contributed by atoms with E-state index in [2.05, 4.69) is 15.6 Å². The van der Waals surface area contributed by atoms with Crippen LogP contribution in [-0.4, -0.2) is 19.0 Å². The second kappa shape index (κ2) is 8.82. The van der Waals surface area contributed by atoms with Gasteiger partial charge in [-0.2, -0.15) is 5.26 Å². The van der Waals surface area contributed by atoms with Crippen LogP contribution in [0.1, 0.15) is 30.9 Å². The van der Waals surface area contributed by atoms with Crippen LogP contribution in [0.5, 0.6) is 0 Å². The summed E-state index contributed by atoms with van der Waals surface area (Å²) < 4.78 is 13.6. The van der Waals surface area contributed by atoms with Crippen LogP contribution in [-0.2, 0) is 6.54 Å². The van der Waals surface area contributed by atoms with Crippen molar-refractivity contribution in [3.8, 4) is 6.07 Å². The summed E-state index contributed by atoms with van der Waals surface area (Å²) in [5.74, 6) is 1.12. The summed E-state index contributed by atoms with van der Waals surface area (Å²) in [6.07, 6.45) is 2.54. The lowest BCUT2D eigenvalue weighted by atomic mass is 10.1. The lowest BCUT2D eigenvalue weighted by Gasteiger charge is -2.11. The summed E-state index contributed by atoms with van der Waals surface area (Å²) in [5.41, 5.74) is 0.889. The van der Waals surface area contributed by atoms with Crippen molar-refractivity contribution < 1.29 is 4.39 Å². The molecule has 0 bridgehead atoms. The zero-order valence-corrected chi connectivity index (χ0v) is 14.4. The molecule has 0 aromatic heterocycles. The molecule has 1 aliphatic rings. The quantitative estimate of drug-likeness (QED) is 0.453. The lowest BCUT2D eigenvalue weighted by Crippen LogP contribution is -2.38. The van der Waals surface area contributed by atoms with E-state index >= 15 is 0 Å². The molecule has 1 fully saturated rings. The van der Waals surface area contributed by atoms with Gasteiger partial charge in [0.25, 0.3) is 0 Å². The first kappa shape index (κ1) is 17.7. The fourth-order valence-corrected chi connectivity index (χ4v) is 1.83. The third-order valence-corrected chi connectivity index (χ3v) is 3.18. The summed E-state index contributed by atoms with van der Waals surface area (Å²) >= 11 is 0. The maximum absolute atomic E-state index is 13.6. The molecule has 0 aliphatic heterocycles. The van der Waals surface area contributed by atoms with Gasteiger partial charge >= 0.3 is 0 Å². The Balaban J connectivity index is 0.00000220. The van der Waals surface area contributed by atoms with Crippen molar-refractivity contribution in [1.29, 1.82) is 5.26 Å². The van der Waals surface area contributed by atoms with Crippen molar-refractivity contribution in [2.45, 2.75) is 26.3 Å². The monoisotopic (exact) mass is 402 g/mol. The topological polar surface area (TPSA) is 60.2 Å². The number of halogens is 2. The summed E-state index contributed by atoms with van der Waals surface area (Å²) in [7, 11) is 0. The average molecular weight is 402 g/mol. The van der Waals surface area contributed by atoms with Crippen molar-refractivity contribution in [1.82, 2.24) is 10.6 Å². The van der Waals surface area contributed by atoms with Gasteiger partial charge in [-0.1, -0.05) is 0 Å². The van der Waals surface area contributed by atoms with Gasteiger partial charge in [0.1, 0.15) is 5.82 Å². The van der Waals surface area contributed by atoms with Crippen LogP contribution in [0.2, 0.25) is 0 Å². The van der Waals surface area contributed by atoms with Gasteiger partial charge in [0.05, 0.1) is 18.2 Å². The molecule has 1 saturated carbocycles. The van der Waals surface area contributed by atoms with E-state index in [0.29, 0.717) is 17.1 Å². The lowest BCUT2D eigenvalue weighted by molar-refractivity contribution is 0.610. The van der Waals surface area contributed by atoms with E-state index in [9.17, 15) is 4.39 Å². The number of hydrogen-bond acceptors (Lipinski definition) is 2. The number of nitriles is 1. The SMILES string of the molecule is CCNC(=NCc1cc(C#N)ccc1F)NCC1CC1.I. The normalized spacial score (nSPS) is 14.0. The zero-order chi connectivity index (χ0) is 14.4. The Morgan fingerprint density at radius 1 is 1.43 bits per heavy atom. The Morgan fingerprint density at radius 2 is 2.19 bits per heavy atom. The molecule has 0 heterocycles. The molecule has 1 aromatic rings. The second-order valence-electron chi connectivity index (χ2n) is 4.94. The van der Waals surface area contributed by atoms with Crippen LogP contribution < -0.4 is 10.6 Å². The first-order valence-corrected chi connectivity index (χ1v) is 6.93.